The van der Waals surface area contributed by atoms with Crippen molar-refractivity contribution >= 4 is 40.7 Å². The Bertz CT molecular complexity index is 1030. The van der Waals surface area contributed by atoms with E-state index in [9.17, 15) is 9.59 Å². The number of hydrogen-bond donors (Lipinski definition) is 2. The van der Waals surface area contributed by atoms with E-state index in [0.717, 1.165) is 16.7 Å². The van der Waals surface area contributed by atoms with Gasteiger partial charge in [-0.15, -0.1) is 0 Å². The number of allylic oxidation sites excluding steroid dienone is 1. The zero-order valence-corrected chi connectivity index (χ0v) is 17.8. The molecular weight excluding hydrogens is 407 g/mol. The molecule has 0 unspecified atom stereocenters. The van der Waals surface area contributed by atoms with Gasteiger partial charge in [0, 0.05) is 40.5 Å². The third kappa shape index (κ3) is 3.15. The highest BCUT2D eigenvalue weighted by Gasteiger charge is 2.59. The predicted molar refractivity (Wildman–Crippen MR) is 117 cm³/mol. The van der Waals surface area contributed by atoms with Gasteiger partial charge in [-0.25, -0.2) is 0 Å². The molecule has 2 amide bonds. The first-order chi connectivity index (χ1) is 13.9. The van der Waals surface area contributed by atoms with E-state index in [1.54, 1.807) is 18.2 Å². The van der Waals surface area contributed by atoms with Gasteiger partial charge in [0.25, 0.3) is 0 Å². The first-order valence-electron chi connectivity index (χ1n) is 9.64. The molecule has 1 fully saturated rings. The molecule has 0 aromatic heterocycles. The van der Waals surface area contributed by atoms with E-state index in [-0.39, 0.29) is 30.1 Å². The van der Waals surface area contributed by atoms with Gasteiger partial charge in [0.2, 0.25) is 11.8 Å². The molecule has 4 rings (SSSR count). The van der Waals surface area contributed by atoms with Crippen molar-refractivity contribution in [2.24, 2.45) is 5.92 Å². The van der Waals surface area contributed by atoms with E-state index < -0.39 is 5.41 Å². The van der Waals surface area contributed by atoms with Crippen molar-refractivity contribution in [1.82, 2.24) is 5.32 Å². The number of anilines is 1. The molecule has 2 aliphatic heterocycles. The summed E-state index contributed by atoms with van der Waals surface area (Å²) in [5.41, 5.74) is 2.57. The highest BCUT2D eigenvalue weighted by Crippen LogP contribution is 2.56. The number of fused-ring (bicyclic) bond motifs is 2. The van der Waals surface area contributed by atoms with E-state index in [2.05, 4.69) is 10.6 Å². The average Bonchev–Trinajstić information content (AvgIpc) is 2.86. The number of nitrogens with one attached hydrogen (secondary N) is 2. The first-order valence-corrected chi connectivity index (χ1v) is 10.4. The Labute approximate surface area is 180 Å². The fourth-order valence-corrected chi connectivity index (χ4v) is 5.26. The average molecular weight is 429 g/mol. The van der Waals surface area contributed by atoms with Crippen molar-refractivity contribution < 1.29 is 9.59 Å². The van der Waals surface area contributed by atoms with Gasteiger partial charge < -0.3 is 10.6 Å². The summed E-state index contributed by atoms with van der Waals surface area (Å²) in [7, 11) is 0. The summed E-state index contributed by atoms with van der Waals surface area (Å²) in [5.74, 6) is -0.755. The third-order valence-electron chi connectivity index (χ3n) is 6.30. The zero-order valence-electron chi connectivity index (χ0n) is 16.3. The van der Waals surface area contributed by atoms with Crippen LogP contribution in [0.25, 0.3) is 0 Å². The van der Waals surface area contributed by atoms with Crippen LogP contribution in [0.15, 0.2) is 54.1 Å². The van der Waals surface area contributed by atoms with Gasteiger partial charge >= 0.3 is 0 Å². The third-order valence-corrected chi connectivity index (χ3v) is 6.77. The molecule has 3 atom stereocenters. The maximum Gasteiger partial charge on any atom is 0.236 e. The molecular formula is C23H22Cl2N2O2. The van der Waals surface area contributed by atoms with Gasteiger partial charge in [0.1, 0.15) is 0 Å². The number of hydrogen-bond acceptors (Lipinski definition) is 2. The number of benzene rings is 2. The van der Waals surface area contributed by atoms with E-state index in [0.29, 0.717) is 22.3 Å². The van der Waals surface area contributed by atoms with Gasteiger partial charge in [-0.05, 0) is 49.2 Å². The maximum absolute atomic E-state index is 13.7. The van der Waals surface area contributed by atoms with Crippen molar-refractivity contribution in [1.29, 1.82) is 0 Å². The van der Waals surface area contributed by atoms with Gasteiger partial charge in [0.05, 0.1) is 5.41 Å². The van der Waals surface area contributed by atoms with Crippen molar-refractivity contribution in [3.8, 4) is 0 Å². The summed E-state index contributed by atoms with van der Waals surface area (Å²) in [6.45, 7) is 4.36. The summed E-state index contributed by atoms with van der Waals surface area (Å²) < 4.78 is 0. The highest BCUT2D eigenvalue weighted by molar-refractivity contribution is 6.31. The molecule has 2 aromatic carbocycles. The van der Waals surface area contributed by atoms with Gasteiger partial charge in [0.15, 0.2) is 0 Å². The van der Waals surface area contributed by atoms with Crippen LogP contribution < -0.4 is 10.6 Å². The molecule has 150 valence electrons. The molecule has 29 heavy (non-hydrogen) atoms. The van der Waals surface area contributed by atoms with E-state index in [4.69, 9.17) is 23.2 Å². The fourth-order valence-electron chi connectivity index (χ4n) is 4.88. The lowest BCUT2D eigenvalue weighted by Crippen LogP contribution is -2.48. The lowest BCUT2D eigenvalue weighted by Gasteiger charge is -2.41. The second kappa shape index (κ2) is 7.51. The van der Waals surface area contributed by atoms with E-state index >= 15 is 0 Å². The second-order valence-corrected chi connectivity index (χ2v) is 8.59. The van der Waals surface area contributed by atoms with Crippen LogP contribution in [-0.4, -0.2) is 18.4 Å². The standard InChI is InChI=1S/C23H22Cl2N2O2/c1-3-13(2)19-12-26-21(28)11-18(14-5-4-6-15(24)9-14)23(19)17-8-7-16(25)10-20(17)27-22(23)29/h3-10,18-19H,11-12H2,1-2H3,(H,26,28)(H,27,29)/t18-,19+,23-/m0/s1. The minimum atomic E-state index is -0.944. The summed E-state index contributed by atoms with van der Waals surface area (Å²) in [4.78, 5) is 26.4. The van der Waals surface area contributed by atoms with Crippen molar-refractivity contribution in [2.45, 2.75) is 31.6 Å². The summed E-state index contributed by atoms with van der Waals surface area (Å²) in [6, 6.07) is 13.0. The monoisotopic (exact) mass is 428 g/mol. The largest absolute Gasteiger partial charge is 0.355 e. The molecule has 1 saturated heterocycles. The van der Waals surface area contributed by atoms with Gasteiger partial charge in [-0.3, -0.25) is 9.59 Å². The zero-order chi connectivity index (χ0) is 20.8. The van der Waals surface area contributed by atoms with Crippen LogP contribution in [-0.2, 0) is 15.0 Å². The number of rotatable bonds is 2. The Morgan fingerprint density at radius 1 is 1.14 bits per heavy atom. The molecule has 2 aliphatic rings. The first kappa shape index (κ1) is 20.0. The summed E-state index contributed by atoms with van der Waals surface area (Å²) in [5, 5.41) is 7.20. The topological polar surface area (TPSA) is 58.2 Å². The number of carbonyl (C=O) groups is 2. The van der Waals surface area contributed by atoms with Crippen LogP contribution in [0.2, 0.25) is 10.0 Å². The van der Waals surface area contributed by atoms with Crippen LogP contribution >= 0.6 is 23.2 Å². The maximum atomic E-state index is 13.7. The van der Waals surface area contributed by atoms with Crippen LogP contribution in [0.5, 0.6) is 0 Å². The van der Waals surface area contributed by atoms with Gasteiger partial charge in [-0.1, -0.05) is 53.1 Å². The van der Waals surface area contributed by atoms with Crippen LogP contribution in [0, 0.1) is 5.92 Å². The molecule has 4 nitrogen and oxygen atoms in total. The molecule has 0 radical (unpaired) electrons. The van der Waals surface area contributed by atoms with E-state index in [1.165, 1.54) is 0 Å². The molecule has 0 aliphatic carbocycles. The molecule has 1 spiro atoms. The summed E-state index contributed by atoms with van der Waals surface area (Å²) >= 11 is 12.5. The number of amides is 2. The Hall–Kier alpha value is -2.30. The molecule has 2 N–H and O–H groups in total. The SMILES string of the molecule is CC=C(C)[C@H]1CNC(=O)C[C@@H](c2cccc(Cl)c2)[C@]12C(=O)Nc1cc(Cl)ccc12. The van der Waals surface area contributed by atoms with Crippen LogP contribution in [0.4, 0.5) is 5.69 Å². The molecule has 2 aromatic rings. The minimum absolute atomic E-state index is 0.0732. The number of carbonyl (C=O) groups excluding carboxylic acids is 2. The fraction of sp³-hybridized carbons (Fsp3) is 0.304. The highest BCUT2D eigenvalue weighted by atomic mass is 35.5. The van der Waals surface area contributed by atoms with Crippen molar-refractivity contribution in [3.63, 3.8) is 0 Å². The van der Waals surface area contributed by atoms with E-state index in [1.807, 2.05) is 44.2 Å². The summed E-state index contributed by atoms with van der Waals surface area (Å²) in [6.07, 6.45) is 2.21. The lowest BCUT2D eigenvalue weighted by atomic mass is 9.59. The lowest BCUT2D eigenvalue weighted by molar-refractivity contribution is -0.123. The molecule has 6 heteroatoms. The Morgan fingerprint density at radius 2 is 1.90 bits per heavy atom. The molecule has 2 heterocycles. The van der Waals surface area contributed by atoms with Gasteiger partial charge in [-0.2, -0.15) is 0 Å². The minimum Gasteiger partial charge on any atom is -0.355 e. The smallest absolute Gasteiger partial charge is 0.236 e. The normalized spacial score (nSPS) is 26.7. The van der Waals surface area contributed by atoms with Crippen molar-refractivity contribution in [2.75, 3.05) is 11.9 Å². The predicted octanol–water partition coefficient (Wildman–Crippen LogP) is 5.07. The Balaban J connectivity index is 2.05. The second-order valence-electron chi connectivity index (χ2n) is 7.71. The Kier molecular flexibility index (Phi) is 5.18. The van der Waals surface area contributed by atoms with Crippen LogP contribution in [0.3, 0.4) is 0 Å². The van der Waals surface area contributed by atoms with Crippen molar-refractivity contribution in [3.05, 3.63) is 75.3 Å². The Morgan fingerprint density at radius 3 is 2.62 bits per heavy atom. The van der Waals surface area contributed by atoms with Crippen LogP contribution in [0.1, 0.15) is 37.3 Å². The molecule has 0 bridgehead atoms. The molecule has 0 saturated carbocycles. The number of halogens is 2. The quantitative estimate of drug-likeness (QED) is 0.655.